The molecule has 0 atom stereocenters. The number of hydrogen-bond acceptors (Lipinski definition) is 5. The molecule has 1 N–H and O–H groups in total. The number of carboxylic acids is 1. The second-order valence-electron chi connectivity index (χ2n) is 3.70. The molecule has 0 bridgehead atoms. The van der Waals surface area contributed by atoms with E-state index < -0.39 is 10.9 Å². The molecule has 7 heteroatoms. The van der Waals surface area contributed by atoms with Gasteiger partial charge in [0.1, 0.15) is 0 Å². The summed E-state index contributed by atoms with van der Waals surface area (Å²) in [5, 5.41) is 19.7. The first-order chi connectivity index (χ1) is 9.06. The third-order valence-electron chi connectivity index (χ3n) is 2.18. The van der Waals surface area contributed by atoms with E-state index in [2.05, 4.69) is 0 Å². The van der Waals surface area contributed by atoms with Crippen LogP contribution >= 0.6 is 11.8 Å². The van der Waals surface area contributed by atoms with Crippen LogP contribution in [0.15, 0.2) is 23.1 Å². The third kappa shape index (κ3) is 4.78. The maximum absolute atomic E-state index is 11.1. The van der Waals surface area contributed by atoms with Crippen molar-refractivity contribution in [2.24, 2.45) is 0 Å². The van der Waals surface area contributed by atoms with E-state index in [0.29, 0.717) is 11.5 Å². The molecule has 0 spiro atoms. The minimum absolute atomic E-state index is 0.0398. The van der Waals surface area contributed by atoms with Gasteiger partial charge < -0.3 is 9.84 Å². The topological polar surface area (TPSA) is 89.7 Å². The highest BCUT2D eigenvalue weighted by Crippen LogP contribution is 2.37. The predicted molar refractivity (Wildman–Crippen MR) is 71.9 cm³/mol. The van der Waals surface area contributed by atoms with E-state index in [9.17, 15) is 14.9 Å². The van der Waals surface area contributed by atoms with Crippen LogP contribution in [0.2, 0.25) is 0 Å². The summed E-state index contributed by atoms with van der Waals surface area (Å²) in [5.74, 6) is -0.409. The first kappa shape index (κ1) is 15.3. The lowest BCUT2D eigenvalue weighted by Crippen LogP contribution is -2.01. The summed E-state index contributed by atoms with van der Waals surface area (Å²) in [6.07, 6.45) is 0.718. The molecular weight excluding hydrogens is 270 g/mol. The minimum Gasteiger partial charge on any atom is -0.487 e. The fourth-order valence-electron chi connectivity index (χ4n) is 1.38. The third-order valence-corrected chi connectivity index (χ3v) is 3.23. The monoisotopic (exact) mass is 285 g/mol. The van der Waals surface area contributed by atoms with Crippen LogP contribution in [0, 0.1) is 10.1 Å². The molecule has 104 valence electrons. The van der Waals surface area contributed by atoms with Crippen LogP contribution in [0.4, 0.5) is 5.69 Å². The van der Waals surface area contributed by atoms with Crippen molar-refractivity contribution in [1.29, 1.82) is 0 Å². The van der Waals surface area contributed by atoms with Gasteiger partial charge in [0.25, 0.3) is 0 Å². The van der Waals surface area contributed by atoms with Gasteiger partial charge in [0, 0.05) is 5.75 Å². The molecule has 0 aliphatic carbocycles. The summed E-state index contributed by atoms with van der Waals surface area (Å²) < 4.78 is 5.34. The highest BCUT2D eigenvalue weighted by atomic mass is 32.2. The molecule has 1 aromatic carbocycles. The summed E-state index contributed by atoms with van der Waals surface area (Å²) >= 11 is 1.15. The van der Waals surface area contributed by atoms with Crippen molar-refractivity contribution < 1.29 is 19.6 Å². The molecule has 19 heavy (non-hydrogen) atoms. The number of benzene rings is 1. The van der Waals surface area contributed by atoms with E-state index in [1.807, 2.05) is 6.92 Å². The van der Waals surface area contributed by atoms with Gasteiger partial charge in [-0.1, -0.05) is 13.0 Å². The Morgan fingerprint density at radius 3 is 2.84 bits per heavy atom. The van der Waals surface area contributed by atoms with Gasteiger partial charge in [0.15, 0.2) is 5.75 Å². The Hall–Kier alpha value is -1.76. The molecule has 0 aliphatic heterocycles. The van der Waals surface area contributed by atoms with Crippen LogP contribution in [0.1, 0.15) is 19.8 Å². The lowest BCUT2D eigenvalue weighted by Gasteiger charge is -2.08. The minimum atomic E-state index is -0.923. The normalized spacial score (nSPS) is 10.2. The Morgan fingerprint density at radius 1 is 1.53 bits per heavy atom. The number of aliphatic carboxylic acids is 1. The van der Waals surface area contributed by atoms with Crippen LogP contribution in [0.3, 0.4) is 0 Å². The van der Waals surface area contributed by atoms with E-state index in [0.717, 1.165) is 18.2 Å². The Bertz CT molecular complexity index is 463. The zero-order valence-electron chi connectivity index (χ0n) is 10.5. The number of para-hydroxylation sites is 1. The zero-order valence-corrected chi connectivity index (χ0v) is 11.3. The van der Waals surface area contributed by atoms with Crippen LogP contribution < -0.4 is 4.74 Å². The molecule has 0 amide bonds. The first-order valence-electron chi connectivity index (χ1n) is 5.81. The number of carboxylic acid groups (broad SMARTS) is 1. The van der Waals surface area contributed by atoms with Gasteiger partial charge in [-0.2, -0.15) is 0 Å². The molecule has 0 aromatic heterocycles. The fourth-order valence-corrected chi connectivity index (χ4v) is 2.36. The summed E-state index contributed by atoms with van der Waals surface area (Å²) in [4.78, 5) is 21.5. The van der Waals surface area contributed by atoms with Crippen molar-refractivity contribution in [3.05, 3.63) is 28.3 Å². The molecule has 0 aliphatic rings. The van der Waals surface area contributed by atoms with E-state index in [4.69, 9.17) is 9.84 Å². The number of hydrogen-bond donors (Lipinski definition) is 1. The number of carbonyl (C=O) groups is 1. The average molecular weight is 285 g/mol. The molecule has 1 rings (SSSR count). The number of nitro groups is 1. The molecule has 0 unspecified atom stereocenters. The van der Waals surface area contributed by atoms with Gasteiger partial charge in [-0.15, -0.1) is 11.8 Å². The maximum Gasteiger partial charge on any atom is 0.324 e. The predicted octanol–water partition coefficient (Wildman–Crippen LogP) is 2.95. The van der Waals surface area contributed by atoms with Gasteiger partial charge in [-0.3, -0.25) is 14.9 Å². The quantitative estimate of drug-likeness (QED) is 0.448. The fraction of sp³-hybridized carbons (Fsp3) is 0.417. The van der Waals surface area contributed by atoms with Crippen LogP contribution in [-0.4, -0.2) is 28.4 Å². The lowest BCUT2D eigenvalue weighted by atomic mass is 10.3. The van der Waals surface area contributed by atoms with Crippen molar-refractivity contribution in [2.75, 3.05) is 12.4 Å². The van der Waals surface area contributed by atoms with Crippen molar-refractivity contribution >= 4 is 23.4 Å². The Labute approximate surface area is 114 Å². The largest absolute Gasteiger partial charge is 0.487 e. The van der Waals surface area contributed by atoms with E-state index in [-0.39, 0.29) is 23.6 Å². The highest BCUT2D eigenvalue weighted by molar-refractivity contribution is 7.99. The Kier molecular flexibility index (Phi) is 6.14. The van der Waals surface area contributed by atoms with Crippen molar-refractivity contribution in [3.63, 3.8) is 0 Å². The van der Waals surface area contributed by atoms with Gasteiger partial charge >= 0.3 is 11.7 Å². The number of thioether (sulfide) groups is 1. The molecular formula is C12H15NO5S. The number of nitrogens with zero attached hydrogens (tertiary/aromatic N) is 1. The van der Waals surface area contributed by atoms with Crippen molar-refractivity contribution in [2.45, 2.75) is 24.7 Å². The second kappa shape index (κ2) is 7.63. The second-order valence-corrected chi connectivity index (χ2v) is 4.84. The number of rotatable bonds is 8. The number of ether oxygens (including phenoxy) is 1. The summed E-state index contributed by atoms with van der Waals surface area (Å²) in [7, 11) is 0. The molecule has 6 nitrogen and oxygen atoms in total. The Morgan fingerprint density at radius 2 is 2.26 bits per heavy atom. The number of nitro benzene ring substituents is 1. The van der Waals surface area contributed by atoms with Gasteiger partial charge in [0.05, 0.1) is 22.8 Å². The molecule has 0 saturated heterocycles. The summed E-state index contributed by atoms with van der Waals surface area (Å²) in [5.41, 5.74) is -0.0914. The van der Waals surface area contributed by atoms with Crippen molar-refractivity contribution in [1.82, 2.24) is 0 Å². The Balaban J connectivity index is 2.89. The van der Waals surface area contributed by atoms with Gasteiger partial charge in [-0.05, 0) is 18.6 Å². The summed E-state index contributed by atoms with van der Waals surface area (Å²) in [6, 6.07) is 4.82. The maximum atomic E-state index is 11.1. The molecule has 0 saturated carbocycles. The molecule has 0 heterocycles. The van der Waals surface area contributed by atoms with Crippen LogP contribution in [0.25, 0.3) is 0 Å². The average Bonchev–Trinajstić information content (AvgIpc) is 2.35. The van der Waals surface area contributed by atoms with E-state index in [1.165, 1.54) is 0 Å². The smallest absolute Gasteiger partial charge is 0.324 e. The van der Waals surface area contributed by atoms with E-state index in [1.54, 1.807) is 18.2 Å². The molecule has 0 radical (unpaired) electrons. The van der Waals surface area contributed by atoms with E-state index >= 15 is 0 Å². The first-order valence-corrected chi connectivity index (χ1v) is 6.79. The molecule has 0 fully saturated rings. The SMILES string of the molecule is CCCOc1cccc(SCCC(=O)O)c1[N+](=O)[O-]. The van der Waals surface area contributed by atoms with Crippen LogP contribution in [-0.2, 0) is 4.79 Å². The van der Waals surface area contributed by atoms with Gasteiger partial charge in [0.2, 0.25) is 0 Å². The molecule has 1 aromatic rings. The lowest BCUT2D eigenvalue weighted by molar-refractivity contribution is -0.388. The van der Waals surface area contributed by atoms with Crippen LogP contribution in [0.5, 0.6) is 5.75 Å². The standard InChI is InChI=1S/C12H15NO5S/c1-2-7-18-9-4-3-5-10(12(9)13(16)17)19-8-6-11(14)15/h3-5H,2,6-8H2,1H3,(H,14,15). The van der Waals surface area contributed by atoms with Crippen molar-refractivity contribution in [3.8, 4) is 5.75 Å². The summed E-state index contributed by atoms with van der Waals surface area (Å²) in [6.45, 7) is 2.32. The van der Waals surface area contributed by atoms with Gasteiger partial charge in [-0.25, -0.2) is 0 Å². The zero-order chi connectivity index (χ0) is 14.3. The highest BCUT2D eigenvalue weighted by Gasteiger charge is 2.21.